The Morgan fingerprint density at radius 1 is 1.13 bits per heavy atom. The van der Waals surface area contributed by atoms with E-state index in [4.69, 9.17) is 23.2 Å². The molecule has 0 spiro atoms. The first-order chi connectivity index (χ1) is 11.0. The summed E-state index contributed by atoms with van der Waals surface area (Å²) in [5, 5.41) is 6.29. The number of nitrogens with one attached hydrogen (secondary N) is 2. The first-order valence-corrected chi connectivity index (χ1v) is 7.98. The predicted octanol–water partition coefficient (Wildman–Crippen LogP) is 4.52. The lowest BCUT2D eigenvalue weighted by atomic mass is 10.0. The number of carbonyl (C=O) groups is 2. The van der Waals surface area contributed by atoms with Crippen molar-refractivity contribution < 1.29 is 9.59 Å². The highest BCUT2D eigenvalue weighted by Crippen LogP contribution is 2.30. The van der Waals surface area contributed by atoms with Crippen LogP contribution in [0.1, 0.15) is 28.8 Å². The van der Waals surface area contributed by atoms with Gasteiger partial charge in [0.1, 0.15) is 0 Å². The molecule has 2 aromatic rings. The van der Waals surface area contributed by atoms with Crippen LogP contribution in [0, 0.1) is 0 Å². The molecule has 3 rings (SSSR count). The van der Waals surface area contributed by atoms with Gasteiger partial charge in [0.05, 0.1) is 15.7 Å². The number of fused-ring (bicyclic) bond motifs is 1. The Labute approximate surface area is 143 Å². The largest absolute Gasteiger partial charge is 0.326 e. The summed E-state index contributed by atoms with van der Waals surface area (Å²) in [6.07, 6.45) is 2.02. The van der Waals surface area contributed by atoms with Crippen LogP contribution < -0.4 is 10.6 Å². The minimum absolute atomic E-state index is 0.00617. The van der Waals surface area contributed by atoms with E-state index in [9.17, 15) is 9.59 Å². The van der Waals surface area contributed by atoms with Crippen LogP contribution in [-0.2, 0) is 11.2 Å². The third-order valence-electron chi connectivity index (χ3n) is 3.69. The molecule has 1 aliphatic heterocycles. The second kappa shape index (κ2) is 6.60. The quantitative estimate of drug-likeness (QED) is 0.837. The molecule has 1 heterocycles. The molecule has 2 aromatic carbocycles. The van der Waals surface area contributed by atoms with Crippen LogP contribution in [0.5, 0.6) is 0 Å². The van der Waals surface area contributed by atoms with Gasteiger partial charge >= 0.3 is 0 Å². The summed E-state index contributed by atoms with van der Waals surface area (Å²) in [5.74, 6) is -0.265. The molecule has 23 heavy (non-hydrogen) atoms. The normalized spacial score (nSPS) is 13.7. The average molecular weight is 349 g/mol. The molecule has 0 fully saturated rings. The van der Waals surface area contributed by atoms with Gasteiger partial charge in [0.2, 0.25) is 5.91 Å². The van der Waals surface area contributed by atoms with E-state index in [-0.39, 0.29) is 11.8 Å². The van der Waals surface area contributed by atoms with Crippen LogP contribution >= 0.6 is 23.2 Å². The molecule has 6 heteroatoms. The van der Waals surface area contributed by atoms with Crippen LogP contribution in [0.2, 0.25) is 10.0 Å². The number of benzene rings is 2. The van der Waals surface area contributed by atoms with Gasteiger partial charge in [-0.15, -0.1) is 0 Å². The van der Waals surface area contributed by atoms with E-state index < -0.39 is 0 Å². The van der Waals surface area contributed by atoms with Gasteiger partial charge in [0.25, 0.3) is 5.91 Å². The van der Waals surface area contributed by atoms with E-state index >= 15 is 0 Å². The number of hydrogen-bond acceptors (Lipinski definition) is 2. The molecule has 0 saturated carbocycles. The van der Waals surface area contributed by atoms with Crippen molar-refractivity contribution in [1.82, 2.24) is 0 Å². The molecular weight excluding hydrogens is 335 g/mol. The number of amides is 2. The predicted molar refractivity (Wildman–Crippen MR) is 92.4 cm³/mol. The molecule has 1 aliphatic rings. The molecule has 0 aliphatic carbocycles. The summed E-state index contributed by atoms with van der Waals surface area (Å²) in [6, 6.07) is 10.3. The smallest absolute Gasteiger partial charge is 0.255 e. The molecule has 2 N–H and O–H groups in total. The fourth-order valence-corrected chi connectivity index (χ4v) is 2.86. The second-order valence-electron chi connectivity index (χ2n) is 5.33. The van der Waals surface area contributed by atoms with Gasteiger partial charge in [0.15, 0.2) is 0 Å². The molecule has 118 valence electrons. The zero-order chi connectivity index (χ0) is 16.4. The van der Waals surface area contributed by atoms with Gasteiger partial charge in [-0.1, -0.05) is 29.3 Å². The van der Waals surface area contributed by atoms with Crippen molar-refractivity contribution in [1.29, 1.82) is 0 Å². The third-order valence-corrected chi connectivity index (χ3v) is 4.51. The Hall–Kier alpha value is -2.04. The highest BCUT2D eigenvalue weighted by molar-refractivity contribution is 6.44. The molecular formula is C17H14Cl2N2O2. The van der Waals surface area contributed by atoms with E-state index in [1.165, 1.54) is 0 Å². The lowest BCUT2D eigenvalue weighted by Crippen LogP contribution is -2.13. The van der Waals surface area contributed by atoms with Gasteiger partial charge in [-0.25, -0.2) is 0 Å². The molecule has 0 bridgehead atoms. The molecule has 0 saturated heterocycles. The van der Waals surface area contributed by atoms with Crippen LogP contribution in [0.3, 0.4) is 0 Å². The van der Waals surface area contributed by atoms with Crippen LogP contribution in [0.15, 0.2) is 36.4 Å². The highest BCUT2D eigenvalue weighted by atomic mass is 35.5. The summed E-state index contributed by atoms with van der Waals surface area (Å²) in [6.45, 7) is 0. The topological polar surface area (TPSA) is 58.2 Å². The molecule has 0 atom stereocenters. The Morgan fingerprint density at radius 3 is 2.78 bits per heavy atom. The van der Waals surface area contributed by atoms with Crippen molar-refractivity contribution in [3.8, 4) is 0 Å². The van der Waals surface area contributed by atoms with E-state index in [1.54, 1.807) is 36.4 Å². The van der Waals surface area contributed by atoms with Gasteiger partial charge in [-0.05, 0) is 48.7 Å². The van der Waals surface area contributed by atoms with Crippen molar-refractivity contribution >= 4 is 46.4 Å². The Bertz CT molecular complexity index is 790. The van der Waals surface area contributed by atoms with Crippen molar-refractivity contribution in [3.05, 3.63) is 57.6 Å². The number of hydrogen-bond donors (Lipinski definition) is 2. The first-order valence-electron chi connectivity index (χ1n) is 7.23. The first kappa shape index (κ1) is 15.8. The van der Waals surface area contributed by atoms with Gasteiger partial charge in [-0.3, -0.25) is 9.59 Å². The summed E-state index contributed by atoms with van der Waals surface area (Å²) >= 11 is 12.0. The van der Waals surface area contributed by atoms with Crippen LogP contribution in [-0.4, -0.2) is 11.8 Å². The minimum atomic E-state index is -0.271. The summed E-state index contributed by atoms with van der Waals surface area (Å²) in [5.41, 5.74) is 2.70. The number of rotatable bonds is 2. The van der Waals surface area contributed by atoms with Gasteiger partial charge in [0, 0.05) is 17.7 Å². The minimum Gasteiger partial charge on any atom is -0.326 e. The third kappa shape index (κ3) is 3.49. The van der Waals surface area contributed by atoms with Crippen molar-refractivity contribution in [3.63, 3.8) is 0 Å². The van der Waals surface area contributed by atoms with Crippen LogP contribution in [0.25, 0.3) is 0 Å². The van der Waals surface area contributed by atoms with Crippen molar-refractivity contribution in [2.75, 3.05) is 10.6 Å². The van der Waals surface area contributed by atoms with Crippen molar-refractivity contribution in [2.45, 2.75) is 19.3 Å². The number of anilines is 2. The highest BCUT2D eigenvalue weighted by Gasteiger charge is 2.16. The SMILES string of the molecule is O=C1CCCc2cc(C(=O)Nc3cccc(Cl)c3Cl)ccc2N1. The summed E-state index contributed by atoms with van der Waals surface area (Å²) < 4.78 is 0. The number of carbonyl (C=O) groups excluding carboxylic acids is 2. The van der Waals surface area contributed by atoms with E-state index in [0.717, 1.165) is 24.1 Å². The lowest BCUT2D eigenvalue weighted by molar-refractivity contribution is -0.116. The Morgan fingerprint density at radius 2 is 1.96 bits per heavy atom. The fraction of sp³-hybridized carbons (Fsp3) is 0.176. The lowest BCUT2D eigenvalue weighted by Gasteiger charge is -2.11. The monoisotopic (exact) mass is 348 g/mol. The Kier molecular flexibility index (Phi) is 4.55. The number of aryl methyl sites for hydroxylation is 1. The maximum atomic E-state index is 12.4. The van der Waals surface area contributed by atoms with E-state index in [1.807, 2.05) is 0 Å². The second-order valence-corrected chi connectivity index (χ2v) is 6.11. The van der Waals surface area contributed by atoms with Gasteiger partial charge in [-0.2, -0.15) is 0 Å². The molecule has 2 amide bonds. The zero-order valence-corrected chi connectivity index (χ0v) is 13.7. The van der Waals surface area contributed by atoms with Crippen molar-refractivity contribution in [2.24, 2.45) is 0 Å². The zero-order valence-electron chi connectivity index (χ0n) is 12.2. The van der Waals surface area contributed by atoms with E-state index in [2.05, 4.69) is 10.6 Å². The molecule has 0 aromatic heterocycles. The number of halogens is 2. The van der Waals surface area contributed by atoms with Crippen LogP contribution in [0.4, 0.5) is 11.4 Å². The molecule has 4 nitrogen and oxygen atoms in total. The molecule has 0 radical (unpaired) electrons. The summed E-state index contributed by atoms with van der Waals surface area (Å²) in [4.78, 5) is 24.0. The van der Waals surface area contributed by atoms with Gasteiger partial charge < -0.3 is 10.6 Å². The maximum Gasteiger partial charge on any atom is 0.255 e. The standard InChI is InChI=1S/C17H14Cl2N2O2/c18-12-4-2-5-14(16(12)19)21-17(23)11-7-8-13-10(9-11)3-1-6-15(22)20-13/h2,4-5,7-9H,1,3,6H2,(H,20,22)(H,21,23). The molecule has 0 unspecified atom stereocenters. The average Bonchev–Trinajstić information content (AvgIpc) is 2.71. The fourth-order valence-electron chi connectivity index (χ4n) is 2.51. The Balaban J connectivity index is 1.84. The maximum absolute atomic E-state index is 12.4. The van der Waals surface area contributed by atoms with E-state index in [0.29, 0.717) is 27.7 Å². The summed E-state index contributed by atoms with van der Waals surface area (Å²) in [7, 11) is 0.